The quantitative estimate of drug-likeness (QED) is 0.586. The molecule has 0 aromatic heterocycles. The van der Waals surface area contributed by atoms with Crippen molar-refractivity contribution >= 4 is 27.9 Å². The van der Waals surface area contributed by atoms with Crippen molar-refractivity contribution in [1.29, 1.82) is 0 Å². The van der Waals surface area contributed by atoms with Gasteiger partial charge in [0.1, 0.15) is 11.5 Å². The highest BCUT2D eigenvalue weighted by Gasteiger charge is 2.30. The Balaban J connectivity index is 2.18. The second kappa shape index (κ2) is 7.78. The minimum atomic E-state index is -1.10. The Hall–Kier alpha value is -2.34. The van der Waals surface area contributed by atoms with Crippen LogP contribution in [0.25, 0.3) is 0 Å². The van der Waals surface area contributed by atoms with E-state index in [0.29, 0.717) is 17.1 Å². The molecule has 0 saturated carbocycles. The van der Waals surface area contributed by atoms with Gasteiger partial charge in [-0.1, -0.05) is 28.1 Å². The van der Waals surface area contributed by atoms with Crippen LogP contribution in [0, 0.1) is 0 Å². The molecule has 0 spiro atoms. The fourth-order valence-electron chi connectivity index (χ4n) is 1.97. The lowest BCUT2D eigenvalue weighted by Crippen LogP contribution is -2.24. The van der Waals surface area contributed by atoms with Gasteiger partial charge in [-0.05, 0) is 42.0 Å². The first kappa shape index (κ1) is 17.0. The first-order valence-corrected chi connectivity index (χ1v) is 7.53. The summed E-state index contributed by atoms with van der Waals surface area (Å²) in [5.74, 6) is -1.17. The summed E-state index contributed by atoms with van der Waals surface area (Å²) < 4.78 is 15.9. The van der Waals surface area contributed by atoms with Gasteiger partial charge in [-0.2, -0.15) is 0 Å². The van der Waals surface area contributed by atoms with Gasteiger partial charge in [0.2, 0.25) is 0 Å². The van der Waals surface area contributed by atoms with E-state index in [-0.39, 0.29) is 0 Å². The van der Waals surface area contributed by atoms with Crippen LogP contribution < -0.4 is 4.74 Å². The van der Waals surface area contributed by atoms with E-state index in [0.717, 1.165) is 4.47 Å². The number of hydrogen-bond donors (Lipinski definition) is 0. The minimum Gasteiger partial charge on any atom is -0.468 e. The molecule has 0 unspecified atom stereocenters. The third kappa shape index (κ3) is 4.32. The van der Waals surface area contributed by atoms with E-state index in [1.165, 1.54) is 14.2 Å². The zero-order valence-electron chi connectivity index (χ0n) is 12.6. The van der Waals surface area contributed by atoms with Crippen molar-refractivity contribution in [2.24, 2.45) is 0 Å². The van der Waals surface area contributed by atoms with E-state index >= 15 is 0 Å². The predicted octanol–water partition coefficient (Wildman–Crippen LogP) is 3.67. The first-order chi connectivity index (χ1) is 11.0. The molecule has 0 saturated heterocycles. The van der Waals surface area contributed by atoms with Crippen molar-refractivity contribution in [2.75, 3.05) is 14.2 Å². The van der Waals surface area contributed by atoms with Crippen LogP contribution in [0.15, 0.2) is 53.0 Å². The van der Waals surface area contributed by atoms with Gasteiger partial charge in [-0.25, -0.2) is 0 Å². The summed E-state index contributed by atoms with van der Waals surface area (Å²) in [5.41, 5.74) is 0.479. The lowest BCUT2D eigenvalue weighted by molar-refractivity contribution is -0.154. The Morgan fingerprint density at radius 3 is 1.70 bits per heavy atom. The average Bonchev–Trinajstić information content (AvgIpc) is 2.58. The maximum atomic E-state index is 11.8. The summed E-state index contributed by atoms with van der Waals surface area (Å²) >= 11 is 3.35. The molecule has 0 fully saturated rings. The molecule has 0 aliphatic heterocycles. The summed E-state index contributed by atoms with van der Waals surface area (Å²) in [4.78, 5) is 23.5. The number of carbonyl (C=O) groups is 2. The molecule has 120 valence electrons. The Kier molecular flexibility index (Phi) is 5.76. The molecule has 0 bridgehead atoms. The monoisotopic (exact) mass is 378 g/mol. The van der Waals surface area contributed by atoms with Crippen molar-refractivity contribution < 1.29 is 23.8 Å². The maximum absolute atomic E-state index is 11.8. The molecule has 0 N–H and O–H groups in total. The third-order valence-electron chi connectivity index (χ3n) is 3.14. The SMILES string of the molecule is COC(=O)C(C(=O)OC)c1ccc(Oc2ccc(Br)cc2)cc1. The van der Waals surface area contributed by atoms with Crippen molar-refractivity contribution in [1.82, 2.24) is 0 Å². The highest BCUT2D eigenvalue weighted by Crippen LogP contribution is 2.26. The smallest absolute Gasteiger partial charge is 0.324 e. The summed E-state index contributed by atoms with van der Waals surface area (Å²) in [7, 11) is 2.45. The van der Waals surface area contributed by atoms with E-state index in [1.807, 2.05) is 24.3 Å². The largest absolute Gasteiger partial charge is 0.468 e. The van der Waals surface area contributed by atoms with E-state index in [9.17, 15) is 9.59 Å². The second-order valence-electron chi connectivity index (χ2n) is 4.60. The second-order valence-corrected chi connectivity index (χ2v) is 5.52. The minimum absolute atomic E-state index is 0.479. The molecule has 2 rings (SSSR count). The first-order valence-electron chi connectivity index (χ1n) is 6.74. The van der Waals surface area contributed by atoms with Crippen LogP contribution >= 0.6 is 15.9 Å². The number of methoxy groups -OCH3 is 2. The number of halogens is 1. The van der Waals surface area contributed by atoms with E-state index in [1.54, 1.807) is 24.3 Å². The van der Waals surface area contributed by atoms with Crippen molar-refractivity contribution in [3.8, 4) is 11.5 Å². The topological polar surface area (TPSA) is 61.8 Å². The van der Waals surface area contributed by atoms with Crippen LogP contribution in [-0.4, -0.2) is 26.2 Å². The standard InChI is InChI=1S/C17H15BrO5/c1-21-16(19)15(17(20)22-2)11-3-7-13(8-4-11)23-14-9-5-12(18)6-10-14/h3-10,15H,1-2H3. The van der Waals surface area contributed by atoms with Gasteiger partial charge in [-0.3, -0.25) is 9.59 Å². The van der Waals surface area contributed by atoms with Gasteiger partial charge < -0.3 is 14.2 Å². The van der Waals surface area contributed by atoms with Crippen LogP contribution in [0.3, 0.4) is 0 Å². The fourth-order valence-corrected chi connectivity index (χ4v) is 2.24. The van der Waals surface area contributed by atoms with Crippen molar-refractivity contribution in [3.63, 3.8) is 0 Å². The number of esters is 2. The fraction of sp³-hybridized carbons (Fsp3) is 0.176. The molecule has 0 heterocycles. The van der Waals surface area contributed by atoms with Crippen LogP contribution in [0.5, 0.6) is 11.5 Å². The molecule has 0 aliphatic carbocycles. The summed E-state index contributed by atoms with van der Waals surface area (Å²) in [5, 5.41) is 0. The van der Waals surface area contributed by atoms with Gasteiger partial charge in [0.05, 0.1) is 14.2 Å². The number of ether oxygens (including phenoxy) is 3. The molecule has 5 nitrogen and oxygen atoms in total. The van der Waals surface area contributed by atoms with Gasteiger partial charge in [0, 0.05) is 4.47 Å². The Morgan fingerprint density at radius 1 is 0.826 bits per heavy atom. The Labute approximate surface area is 142 Å². The van der Waals surface area contributed by atoms with E-state index in [2.05, 4.69) is 25.4 Å². The van der Waals surface area contributed by atoms with Gasteiger partial charge >= 0.3 is 11.9 Å². The number of benzene rings is 2. The normalized spacial score (nSPS) is 10.3. The molecule has 2 aromatic carbocycles. The van der Waals surface area contributed by atoms with Crippen LogP contribution in [0.4, 0.5) is 0 Å². The third-order valence-corrected chi connectivity index (χ3v) is 3.67. The molecular weight excluding hydrogens is 364 g/mol. The highest BCUT2D eigenvalue weighted by atomic mass is 79.9. The van der Waals surface area contributed by atoms with Gasteiger partial charge in [0.15, 0.2) is 5.92 Å². The molecule has 2 aromatic rings. The summed E-state index contributed by atoms with van der Waals surface area (Å²) in [6.45, 7) is 0. The molecule has 23 heavy (non-hydrogen) atoms. The van der Waals surface area contributed by atoms with Gasteiger partial charge in [-0.15, -0.1) is 0 Å². The average molecular weight is 379 g/mol. The number of carbonyl (C=O) groups excluding carboxylic acids is 2. The molecule has 6 heteroatoms. The Bertz CT molecular complexity index is 663. The van der Waals surface area contributed by atoms with E-state index in [4.69, 9.17) is 4.74 Å². The zero-order chi connectivity index (χ0) is 16.8. The van der Waals surface area contributed by atoms with Crippen molar-refractivity contribution in [2.45, 2.75) is 5.92 Å². The van der Waals surface area contributed by atoms with Gasteiger partial charge in [0.25, 0.3) is 0 Å². The number of rotatable bonds is 5. The van der Waals surface area contributed by atoms with E-state index < -0.39 is 17.9 Å². The zero-order valence-corrected chi connectivity index (χ0v) is 14.2. The molecule has 0 amide bonds. The lowest BCUT2D eigenvalue weighted by Gasteiger charge is -2.13. The summed E-state index contributed by atoms with van der Waals surface area (Å²) in [6, 6.07) is 14.0. The molecular formula is C17H15BrO5. The Morgan fingerprint density at radius 2 is 1.26 bits per heavy atom. The van der Waals surface area contributed by atoms with Crippen LogP contribution in [0.2, 0.25) is 0 Å². The molecule has 0 aliphatic rings. The lowest BCUT2D eigenvalue weighted by atomic mass is 9.99. The van der Waals surface area contributed by atoms with Crippen molar-refractivity contribution in [3.05, 3.63) is 58.6 Å². The summed E-state index contributed by atoms with van der Waals surface area (Å²) in [6.07, 6.45) is 0. The molecule has 0 atom stereocenters. The highest BCUT2D eigenvalue weighted by molar-refractivity contribution is 9.10. The number of hydrogen-bond acceptors (Lipinski definition) is 5. The predicted molar refractivity (Wildman–Crippen MR) is 87.4 cm³/mol. The maximum Gasteiger partial charge on any atom is 0.324 e. The van der Waals surface area contributed by atoms with Crippen LogP contribution in [-0.2, 0) is 19.1 Å². The van der Waals surface area contributed by atoms with Crippen LogP contribution in [0.1, 0.15) is 11.5 Å². The molecule has 0 radical (unpaired) electrons.